The van der Waals surface area contributed by atoms with Crippen molar-refractivity contribution >= 4 is 33.3 Å². The Bertz CT molecular complexity index is 1530. The molecule has 9 nitrogen and oxygen atoms in total. The molecule has 0 radical (unpaired) electrons. The van der Waals surface area contributed by atoms with Crippen LogP contribution in [0, 0.1) is 0 Å². The molecule has 2 amide bonds. The highest BCUT2D eigenvalue weighted by Crippen LogP contribution is 2.34. The Hall–Kier alpha value is -4.18. The number of anilines is 1. The molecule has 1 aliphatic carbocycles. The van der Waals surface area contributed by atoms with Gasteiger partial charge < -0.3 is 20.8 Å². The summed E-state index contributed by atoms with van der Waals surface area (Å²) in [6.45, 7) is 0.0212. The Morgan fingerprint density at radius 3 is 2.21 bits per heavy atom. The van der Waals surface area contributed by atoms with Gasteiger partial charge >= 0.3 is 5.97 Å². The van der Waals surface area contributed by atoms with Crippen LogP contribution in [0.25, 0.3) is 0 Å². The molecule has 0 heterocycles. The first-order chi connectivity index (χ1) is 20.0. The summed E-state index contributed by atoms with van der Waals surface area (Å²) < 4.78 is 24.2. The van der Waals surface area contributed by atoms with Gasteiger partial charge in [-0.1, -0.05) is 55.7 Å². The average molecular weight is 593 g/mol. The molecule has 4 N–H and O–H groups in total. The molecule has 0 bridgehead atoms. The number of hydrogen-bond donors (Lipinski definition) is 4. The highest BCUT2D eigenvalue weighted by Gasteiger charge is 2.24. The van der Waals surface area contributed by atoms with Crippen LogP contribution in [0.15, 0.2) is 71.6 Å². The molecule has 1 aliphatic rings. The fraction of sp³-hybridized carbons (Fsp3) is 0.344. The van der Waals surface area contributed by atoms with Gasteiger partial charge in [0.2, 0.25) is 5.91 Å². The zero-order chi connectivity index (χ0) is 30.3. The van der Waals surface area contributed by atoms with Gasteiger partial charge in [0.15, 0.2) is 9.84 Å². The van der Waals surface area contributed by atoms with Gasteiger partial charge in [0.25, 0.3) is 5.91 Å². The van der Waals surface area contributed by atoms with E-state index < -0.39 is 27.5 Å². The summed E-state index contributed by atoms with van der Waals surface area (Å²) in [5.41, 5.74) is 3.47. The van der Waals surface area contributed by atoms with Crippen molar-refractivity contribution in [3.63, 3.8) is 0 Å². The van der Waals surface area contributed by atoms with Crippen LogP contribution in [0.5, 0.6) is 5.75 Å². The summed E-state index contributed by atoms with van der Waals surface area (Å²) in [5, 5.41) is 24.2. The number of sulfone groups is 1. The van der Waals surface area contributed by atoms with E-state index in [0.717, 1.165) is 30.2 Å². The van der Waals surface area contributed by atoms with E-state index in [0.29, 0.717) is 17.9 Å². The normalized spacial score (nSPS) is 14.6. The molecule has 0 aliphatic heterocycles. The predicted molar refractivity (Wildman–Crippen MR) is 160 cm³/mol. The van der Waals surface area contributed by atoms with Crippen LogP contribution in [0.1, 0.15) is 77.4 Å². The molecule has 1 unspecified atom stereocenters. The number of aromatic hydroxyl groups is 1. The Balaban J connectivity index is 1.56. The van der Waals surface area contributed by atoms with Gasteiger partial charge in [0.05, 0.1) is 12.3 Å². The maximum absolute atomic E-state index is 13.7. The van der Waals surface area contributed by atoms with Crippen LogP contribution in [-0.4, -0.2) is 49.2 Å². The third kappa shape index (κ3) is 8.19. The second kappa shape index (κ2) is 13.7. The van der Waals surface area contributed by atoms with E-state index in [1.165, 1.54) is 43.0 Å². The second-order valence-electron chi connectivity index (χ2n) is 10.8. The van der Waals surface area contributed by atoms with Gasteiger partial charge in [-0.15, -0.1) is 0 Å². The number of benzene rings is 3. The molecule has 3 aromatic rings. The zero-order valence-electron chi connectivity index (χ0n) is 23.5. The summed E-state index contributed by atoms with van der Waals surface area (Å²) in [4.78, 5) is 36.4. The summed E-state index contributed by atoms with van der Waals surface area (Å²) in [5.74, 6) is -2.23. The van der Waals surface area contributed by atoms with Gasteiger partial charge in [-0.3, -0.25) is 14.4 Å². The largest absolute Gasteiger partial charge is 0.507 e. The molecule has 1 saturated carbocycles. The lowest BCUT2D eigenvalue weighted by atomic mass is 9.83. The number of carboxylic acids is 1. The predicted octanol–water partition coefficient (Wildman–Crippen LogP) is 5.01. The van der Waals surface area contributed by atoms with E-state index in [9.17, 15) is 27.9 Å². The fourth-order valence-corrected chi connectivity index (χ4v) is 6.12. The minimum atomic E-state index is -3.71. The average Bonchev–Trinajstić information content (AvgIpc) is 2.97. The van der Waals surface area contributed by atoms with E-state index >= 15 is 0 Å². The van der Waals surface area contributed by atoms with Crippen molar-refractivity contribution in [1.29, 1.82) is 0 Å². The number of amides is 2. The Labute approximate surface area is 245 Å². The first-order valence-electron chi connectivity index (χ1n) is 14.0. The van der Waals surface area contributed by atoms with Crippen LogP contribution in [0.3, 0.4) is 0 Å². The van der Waals surface area contributed by atoms with Crippen LogP contribution >= 0.6 is 0 Å². The lowest BCUT2D eigenvalue weighted by molar-refractivity contribution is -0.136. The number of rotatable bonds is 11. The fourth-order valence-electron chi connectivity index (χ4n) is 5.33. The summed E-state index contributed by atoms with van der Waals surface area (Å²) in [6, 6.07) is 18.8. The van der Waals surface area contributed by atoms with Gasteiger partial charge in [-0.05, 0) is 72.2 Å². The number of carbonyl (C=O) groups excluding carboxylic acids is 2. The number of carboxylic acid groups (broad SMARTS) is 1. The molecular formula is C32H36N2O7S. The lowest BCUT2D eigenvalue weighted by Crippen LogP contribution is -2.26. The van der Waals surface area contributed by atoms with Crippen LogP contribution in [0.4, 0.5) is 5.69 Å². The van der Waals surface area contributed by atoms with Crippen LogP contribution < -0.4 is 10.6 Å². The monoisotopic (exact) mass is 592 g/mol. The molecule has 222 valence electrons. The standard InChI is InChI=1S/C32H36N2O7S/c1-42(40,41)29-20-26(15-16-28(29)35)34-32(39)27(24-13-11-23(12-14-24)22-5-3-2-4-6-22)19-21-7-9-25(10-8-21)31(38)33-18-17-30(36)37/h7-16,20,22,27,35H,2-6,17-19H2,1H3,(H,33,38)(H,34,39)(H,36,37). The van der Waals surface area contributed by atoms with Gasteiger partial charge in [0, 0.05) is 24.1 Å². The van der Waals surface area contributed by atoms with Gasteiger partial charge in [-0.25, -0.2) is 8.42 Å². The topological polar surface area (TPSA) is 150 Å². The Morgan fingerprint density at radius 2 is 1.60 bits per heavy atom. The third-order valence-electron chi connectivity index (χ3n) is 7.64. The first-order valence-corrected chi connectivity index (χ1v) is 15.9. The molecule has 0 saturated heterocycles. The van der Waals surface area contributed by atoms with Crippen LogP contribution in [-0.2, 0) is 25.8 Å². The van der Waals surface area contributed by atoms with Crippen molar-refractivity contribution in [3.05, 3.63) is 89.0 Å². The molecule has 0 aromatic heterocycles. The molecule has 42 heavy (non-hydrogen) atoms. The van der Waals surface area contributed by atoms with E-state index in [4.69, 9.17) is 5.11 Å². The van der Waals surface area contributed by atoms with Crippen molar-refractivity contribution in [1.82, 2.24) is 5.32 Å². The summed E-state index contributed by atoms with van der Waals surface area (Å²) >= 11 is 0. The summed E-state index contributed by atoms with van der Waals surface area (Å²) in [6.07, 6.45) is 7.13. The summed E-state index contributed by atoms with van der Waals surface area (Å²) in [7, 11) is -3.71. The quantitative estimate of drug-likeness (QED) is 0.229. The highest BCUT2D eigenvalue weighted by molar-refractivity contribution is 7.90. The molecule has 10 heteroatoms. The molecule has 1 fully saturated rings. The van der Waals surface area contributed by atoms with Crippen molar-refractivity contribution in [2.24, 2.45) is 0 Å². The maximum Gasteiger partial charge on any atom is 0.305 e. The van der Waals surface area contributed by atoms with Crippen molar-refractivity contribution < 1.29 is 33.0 Å². The number of hydrogen-bond acceptors (Lipinski definition) is 6. The minimum absolute atomic E-state index is 0.0212. The lowest BCUT2D eigenvalue weighted by Gasteiger charge is -2.23. The molecular weight excluding hydrogens is 556 g/mol. The van der Waals surface area contributed by atoms with E-state index in [1.54, 1.807) is 24.3 Å². The first kappa shape index (κ1) is 30.8. The second-order valence-corrected chi connectivity index (χ2v) is 12.8. The van der Waals surface area contributed by atoms with E-state index in [2.05, 4.69) is 22.8 Å². The maximum atomic E-state index is 13.7. The highest BCUT2D eigenvalue weighted by atomic mass is 32.2. The van der Waals surface area contributed by atoms with Gasteiger partial charge in [-0.2, -0.15) is 0 Å². The van der Waals surface area contributed by atoms with Gasteiger partial charge in [0.1, 0.15) is 10.6 Å². The SMILES string of the molecule is CS(=O)(=O)c1cc(NC(=O)C(Cc2ccc(C(=O)NCCC(=O)O)cc2)c2ccc(C3CCCCC3)cc2)ccc1O. The third-order valence-corrected chi connectivity index (χ3v) is 8.77. The van der Waals surface area contributed by atoms with Crippen molar-refractivity contribution in [2.45, 2.75) is 61.7 Å². The number of phenolic OH excluding ortho intramolecular Hbond substituents is 1. The molecule has 3 aromatic carbocycles. The number of aliphatic carboxylic acids is 1. The number of carbonyl (C=O) groups is 3. The zero-order valence-corrected chi connectivity index (χ0v) is 24.3. The van der Waals surface area contributed by atoms with Crippen LogP contribution in [0.2, 0.25) is 0 Å². The van der Waals surface area contributed by atoms with Crippen molar-refractivity contribution in [3.8, 4) is 5.75 Å². The number of nitrogens with one attached hydrogen (secondary N) is 2. The van der Waals surface area contributed by atoms with Crippen molar-refractivity contribution in [2.75, 3.05) is 18.1 Å². The molecule has 4 rings (SSSR count). The minimum Gasteiger partial charge on any atom is -0.507 e. The smallest absolute Gasteiger partial charge is 0.305 e. The Morgan fingerprint density at radius 1 is 0.929 bits per heavy atom. The Kier molecular flexibility index (Phi) is 10.0. The van der Waals surface area contributed by atoms with E-state index in [-0.39, 0.29) is 35.4 Å². The van der Waals surface area contributed by atoms with E-state index in [1.807, 2.05) is 12.1 Å². The molecule has 0 spiro atoms. The number of phenols is 1. The molecule has 1 atom stereocenters.